The lowest BCUT2D eigenvalue weighted by Gasteiger charge is -2.16. The molecule has 16 heavy (non-hydrogen) atoms. The molecule has 0 radical (unpaired) electrons. The fourth-order valence-electron chi connectivity index (χ4n) is 1.31. The molecule has 0 unspecified atom stereocenters. The highest BCUT2D eigenvalue weighted by Gasteiger charge is 2.00. The maximum absolute atomic E-state index is 5.13. The van der Waals surface area contributed by atoms with E-state index >= 15 is 0 Å². The van der Waals surface area contributed by atoms with Crippen molar-refractivity contribution in [3.8, 4) is 0 Å². The van der Waals surface area contributed by atoms with E-state index in [2.05, 4.69) is 36.7 Å². The number of nitrogens with zero attached hydrogens (tertiary/aromatic N) is 1. The van der Waals surface area contributed by atoms with Gasteiger partial charge >= 0.3 is 0 Å². The van der Waals surface area contributed by atoms with E-state index in [1.54, 1.807) is 5.01 Å². The Morgan fingerprint density at radius 2 is 1.75 bits per heavy atom. The summed E-state index contributed by atoms with van der Waals surface area (Å²) in [7, 11) is 3.80. The number of hydrazine groups is 1. The number of anilines is 1. The van der Waals surface area contributed by atoms with Crippen LogP contribution >= 0.6 is 12.2 Å². The lowest BCUT2D eigenvalue weighted by Crippen LogP contribution is -2.38. The molecule has 1 rings (SSSR count). The molecule has 3 nitrogen and oxygen atoms in total. The molecule has 1 aromatic carbocycles. The Morgan fingerprint density at radius 1 is 1.19 bits per heavy atom. The molecule has 0 saturated heterocycles. The Kier molecular flexibility index (Phi) is 4.71. The highest BCUT2D eigenvalue weighted by atomic mass is 32.1. The van der Waals surface area contributed by atoms with Crippen molar-refractivity contribution in [2.75, 3.05) is 19.4 Å². The SMILES string of the molecule is CC(C)c1ccc(NC(=S)NN(C)C)cc1. The lowest BCUT2D eigenvalue weighted by atomic mass is 10.0. The summed E-state index contributed by atoms with van der Waals surface area (Å²) in [5.41, 5.74) is 5.32. The Balaban J connectivity index is 2.58. The zero-order valence-electron chi connectivity index (χ0n) is 10.2. The lowest BCUT2D eigenvalue weighted by molar-refractivity contribution is 0.365. The van der Waals surface area contributed by atoms with Crippen LogP contribution in [0.3, 0.4) is 0 Å². The predicted octanol–water partition coefficient (Wildman–Crippen LogP) is 2.57. The van der Waals surface area contributed by atoms with E-state index in [0.29, 0.717) is 11.0 Å². The fraction of sp³-hybridized carbons (Fsp3) is 0.417. The number of hydrogen-bond acceptors (Lipinski definition) is 2. The summed E-state index contributed by atoms with van der Waals surface area (Å²) in [5, 5.41) is 5.52. The van der Waals surface area contributed by atoms with Crippen molar-refractivity contribution in [3.05, 3.63) is 29.8 Å². The van der Waals surface area contributed by atoms with Crippen molar-refractivity contribution in [1.29, 1.82) is 0 Å². The normalized spacial score (nSPS) is 10.6. The average Bonchev–Trinajstić information content (AvgIpc) is 2.16. The van der Waals surface area contributed by atoms with Crippen molar-refractivity contribution >= 4 is 23.0 Å². The van der Waals surface area contributed by atoms with Crippen LogP contribution < -0.4 is 10.7 Å². The van der Waals surface area contributed by atoms with Gasteiger partial charge in [-0.1, -0.05) is 26.0 Å². The van der Waals surface area contributed by atoms with Crippen molar-refractivity contribution in [1.82, 2.24) is 10.4 Å². The minimum atomic E-state index is 0.556. The summed E-state index contributed by atoms with van der Waals surface area (Å²) in [6, 6.07) is 8.31. The van der Waals surface area contributed by atoms with Crippen molar-refractivity contribution in [2.45, 2.75) is 19.8 Å². The molecule has 88 valence electrons. The maximum Gasteiger partial charge on any atom is 0.185 e. The third-order valence-corrected chi connectivity index (χ3v) is 2.35. The molecular formula is C12H19N3S. The van der Waals surface area contributed by atoms with Gasteiger partial charge in [0.1, 0.15) is 0 Å². The molecule has 0 bridgehead atoms. The maximum atomic E-state index is 5.13. The van der Waals surface area contributed by atoms with Crippen LogP contribution in [0.5, 0.6) is 0 Å². The molecule has 0 aromatic heterocycles. The molecule has 0 spiro atoms. The summed E-state index contributed by atoms with van der Waals surface area (Å²) >= 11 is 5.13. The highest BCUT2D eigenvalue weighted by Crippen LogP contribution is 2.16. The van der Waals surface area contributed by atoms with Gasteiger partial charge in [0, 0.05) is 19.8 Å². The van der Waals surface area contributed by atoms with Crippen LogP contribution in [0.2, 0.25) is 0 Å². The molecule has 0 fully saturated rings. The van der Waals surface area contributed by atoms with Gasteiger partial charge in [-0.05, 0) is 35.8 Å². The Labute approximate surface area is 103 Å². The van der Waals surface area contributed by atoms with Crippen molar-refractivity contribution < 1.29 is 0 Å². The van der Waals surface area contributed by atoms with Gasteiger partial charge in [0.25, 0.3) is 0 Å². The Hall–Kier alpha value is -1.13. The molecule has 0 atom stereocenters. The van der Waals surface area contributed by atoms with Crippen LogP contribution in [-0.4, -0.2) is 24.2 Å². The molecule has 1 aromatic rings. The summed E-state index contributed by atoms with van der Waals surface area (Å²) in [4.78, 5) is 0. The van der Waals surface area contributed by atoms with Crippen LogP contribution in [-0.2, 0) is 0 Å². The molecular weight excluding hydrogens is 218 g/mol. The second-order valence-electron chi connectivity index (χ2n) is 4.24. The van der Waals surface area contributed by atoms with E-state index in [0.717, 1.165) is 5.69 Å². The zero-order chi connectivity index (χ0) is 12.1. The first-order valence-corrected chi connectivity index (χ1v) is 5.75. The Bertz CT molecular complexity index is 344. The minimum Gasteiger partial charge on any atom is -0.332 e. The molecule has 0 saturated carbocycles. The number of hydrogen-bond donors (Lipinski definition) is 2. The summed E-state index contributed by atoms with van der Waals surface area (Å²) in [6.45, 7) is 4.36. The van der Waals surface area contributed by atoms with E-state index in [9.17, 15) is 0 Å². The van der Waals surface area contributed by atoms with Crippen molar-refractivity contribution in [3.63, 3.8) is 0 Å². The van der Waals surface area contributed by atoms with E-state index in [1.165, 1.54) is 5.56 Å². The van der Waals surface area contributed by atoms with E-state index in [-0.39, 0.29) is 0 Å². The second kappa shape index (κ2) is 5.82. The van der Waals surface area contributed by atoms with Crippen molar-refractivity contribution in [2.24, 2.45) is 0 Å². The van der Waals surface area contributed by atoms with Crippen LogP contribution in [0.1, 0.15) is 25.3 Å². The standard InChI is InChI=1S/C12H19N3S/c1-9(2)10-5-7-11(8-6-10)13-12(16)14-15(3)4/h5-9H,1-4H3,(H2,13,14,16). The third kappa shape index (κ3) is 4.16. The van der Waals surface area contributed by atoms with Crippen LogP contribution in [0.15, 0.2) is 24.3 Å². The van der Waals surface area contributed by atoms with Gasteiger partial charge in [-0.15, -0.1) is 0 Å². The van der Waals surface area contributed by atoms with Gasteiger partial charge in [0.2, 0.25) is 0 Å². The van der Waals surface area contributed by atoms with Gasteiger partial charge in [-0.3, -0.25) is 5.43 Å². The largest absolute Gasteiger partial charge is 0.332 e. The summed E-state index contributed by atoms with van der Waals surface area (Å²) in [6.07, 6.45) is 0. The first-order chi connectivity index (χ1) is 7.49. The van der Waals surface area contributed by atoms with Gasteiger partial charge in [0.05, 0.1) is 0 Å². The third-order valence-electron chi connectivity index (χ3n) is 2.16. The fourth-order valence-corrected chi connectivity index (χ4v) is 1.61. The molecule has 0 amide bonds. The Morgan fingerprint density at radius 3 is 2.19 bits per heavy atom. The topological polar surface area (TPSA) is 27.3 Å². The molecule has 0 heterocycles. The van der Waals surface area contributed by atoms with E-state index in [1.807, 2.05) is 26.2 Å². The van der Waals surface area contributed by atoms with Gasteiger partial charge < -0.3 is 5.32 Å². The van der Waals surface area contributed by atoms with Crippen LogP contribution in [0.4, 0.5) is 5.69 Å². The quantitative estimate of drug-likeness (QED) is 0.624. The van der Waals surface area contributed by atoms with Gasteiger partial charge in [-0.25, -0.2) is 5.01 Å². The average molecular weight is 237 g/mol. The minimum absolute atomic E-state index is 0.556. The van der Waals surface area contributed by atoms with E-state index in [4.69, 9.17) is 12.2 Å². The predicted molar refractivity (Wildman–Crippen MR) is 73.6 cm³/mol. The number of nitrogens with one attached hydrogen (secondary N) is 2. The molecule has 0 aliphatic heterocycles. The molecule has 2 N–H and O–H groups in total. The monoisotopic (exact) mass is 237 g/mol. The summed E-state index contributed by atoms with van der Waals surface area (Å²) < 4.78 is 0. The summed E-state index contributed by atoms with van der Waals surface area (Å²) in [5.74, 6) is 0.556. The zero-order valence-corrected chi connectivity index (χ0v) is 11.1. The van der Waals surface area contributed by atoms with Crippen LogP contribution in [0.25, 0.3) is 0 Å². The smallest absolute Gasteiger partial charge is 0.185 e. The first kappa shape index (κ1) is 12.9. The number of benzene rings is 1. The highest BCUT2D eigenvalue weighted by molar-refractivity contribution is 7.80. The number of rotatable bonds is 3. The van der Waals surface area contributed by atoms with E-state index < -0.39 is 0 Å². The second-order valence-corrected chi connectivity index (χ2v) is 4.65. The molecule has 0 aliphatic carbocycles. The van der Waals surface area contributed by atoms with Gasteiger partial charge in [-0.2, -0.15) is 0 Å². The van der Waals surface area contributed by atoms with Gasteiger partial charge in [0.15, 0.2) is 5.11 Å². The molecule has 4 heteroatoms. The first-order valence-electron chi connectivity index (χ1n) is 5.34. The molecule has 0 aliphatic rings. The number of thiocarbonyl (C=S) groups is 1. The van der Waals surface area contributed by atoms with Crippen LogP contribution in [0, 0.1) is 0 Å².